The first-order chi connectivity index (χ1) is 7.94. The second-order valence-electron chi connectivity index (χ2n) is 5.02. The maximum absolute atomic E-state index is 12.9. The number of aliphatic hydroxyl groups is 1. The average Bonchev–Trinajstić information content (AvgIpc) is 2.64. The van der Waals surface area contributed by atoms with Gasteiger partial charge in [-0.3, -0.25) is 4.79 Å². The van der Waals surface area contributed by atoms with Crippen LogP contribution in [0.3, 0.4) is 0 Å². The fourth-order valence-electron chi connectivity index (χ4n) is 2.07. The molecule has 0 radical (unpaired) electrons. The van der Waals surface area contributed by atoms with E-state index >= 15 is 0 Å². The number of carbonyl (C=O) groups excluding carboxylic acids is 1. The van der Waals surface area contributed by atoms with Gasteiger partial charge in [-0.15, -0.1) is 0 Å². The zero-order valence-corrected chi connectivity index (χ0v) is 10.2. The highest BCUT2D eigenvalue weighted by Gasteiger charge is 2.42. The molecule has 100 valence electrons. The lowest BCUT2D eigenvalue weighted by Crippen LogP contribution is -2.31. The highest BCUT2D eigenvalue weighted by molar-refractivity contribution is 5.79. The molecule has 3 nitrogen and oxygen atoms in total. The fourth-order valence-corrected chi connectivity index (χ4v) is 2.07. The number of carbonyl (C=O) groups is 1. The Hall–Kier alpha value is -0.710. The largest absolute Gasteiger partial charge is 0.396 e. The van der Waals surface area contributed by atoms with Crippen molar-refractivity contribution < 1.29 is 18.7 Å². The van der Waals surface area contributed by atoms with Crippen molar-refractivity contribution in [2.24, 2.45) is 11.8 Å². The van der Waals surface area contributed by atoms with Crippen LogP contribution in [0.15, 0.2) is 0 Å². The van der Waals surface area contributed by atoms with Gasteiger partial charge in [0, 0.05) is 31.9 Å². The predicted molar refractivity (Wildman–Crippen MR) is 60.8 cm³/mol. The van der Waals surface area contributed by atoms with Gasteiger partial charge < -0.3 is 10.4 Å². The minimum absolute atomic E-state index is 0.142. The summed E-state index contributed by atoms with van der Waals surface area (Å²) < 4.78 is 25.8. The van der Waals surface area contributed by atoms with Crippen LogP contribution in [0, 0.1) is 11.8 Å². The van der Waals surface area contributed by atoms with Gasteiger partial charge in [0.25, 0.3) is 0 Å². The van der Waals surface area contributed by atoms with Crippen molar-refractivity contribution in [3.63, 3.8) is 0 Å². The lowest BCUT2D eigenvalue weighted by atomic mass is 10.1. The van der Waals surface area contributed by atoms with E-state index in [0.29, 0.717) is 6.54 Å². The molecule has 1 saturated carbocycles. The summed E-state index contributed by atoms with van der Waals surface area (Å²) in [6.07, 6.45) is 1.40. The van der Waals surface area contributed by atoms with Crippen molar-refractivity contribution >= 4 is 5.91 Å². The molecule has 1 rings (SSSR count). The van der Waals surface area contributed by atoms with Crippen LogP contribution in [0.2, 0.25) is 0 Å². The molecular formula is C12H21F2NO2. The van der Waals surface area contributed by atoms with Gasteiger partial charge in [0.15, 0.2) is 0 Å². The molecule has 2 unspecified atom stereocenters. The summed E-state index contributed by atoms with van der Waals surface area (Å²) in [6.45, 7) is 2.58. The molecule has 0 aromatic heterocycles. The van der Waals surface area contributed by atoms with Crippen molar-refractivity contribution in [3.8, 4) is 0 Å². The van der Waals surface area contributed by atoms with E-state index in [0.717, 1.165) is 12.8 Å². The van der Waals surface area contributed by atoms with Crippen LogP contribution in [-0.2, 0) is 4.79 Å². The zero-order chi connectivity index (χ0) is 12.9. The summed E-state index contributed by atoms with van der Waals surface area (Å²) in [5.41, 5.74) is 0. The van der Waals surface area contributed by atoms with Crippen molar-refractivity contribution in [3.05, 3.63) is 0 Å². The second kappa shape index (κ2) is 6.28. The SMILES string of the molecule is CC(CO)CCCNC(=O)C1CCC(F)(F)C1. The molecule has 2 atom stereocenters. The highest BCUT2D eigenvalue weighted by Crippen LogP contribution is 2.38. The number of nitrogens with one attached hydrogen (secondary N) is 1. The molecule has 0 aromatic carbocycles. The molecule has 2 N–H and O–H groups in total. The minimum Gasteiger partial charge on any atom is -0.396 e. The molecule has 1 amide bonds. The quantitative estimate of drug-likeness (QED) is 0.707. The number of amides is 1. The number of aliphatic hydroxyl groups excluding tert-OH is 1. The number of rotatable bonds is 6. The number of alkyl halides is 2. The minimum atomic E-state index is -2.66. The van der Waals surface area contributed by atoms with Crippen molar-refractivity contribution in [1.29, 1.82) is 0 Å². The van der Waals surface area contributed by atoms with Crippen LogP contribution in [0.4, 0.5) is 8.78 Å². The molecule has 1 fully saturated rings. The van der Waals surface area contributed by atoms with Crippen LogP contribution in [0.1, 0.15) is 39.0 Å². The average molecular weight is 249 g/mol. The van der Waals surface area contributed by atoms with Crippen LogP contribution in [-0.4, -0.2) is 30.1 Å². The first-order valence-electron chi connectivity index (χ1n) is 6.21. The first kappa shape index (κ1) is 14.4. The van der Waals surface area contributed by atoms with Gasteiger partial charge in [-0.1, -0.05) is 6.92 Å². The summed E-state index contributed by atoms with van der Waals surface area (Å²) in [4.78, 5) is 11.6. The monoisotopic (exact) mass is 249 g/mol. The van der Waals surface area contributed by atoms with Crippen molar-refractivity contribution in [1.82, 2.24) is 5.32 Å². The first-order valence-corrected chi connectivity index (χ1v) is 6.21. The lowest BCUT2D eigenvalue weighted by molar-refractivity contribution is -0.125. The third-order valence-corrected chi connectivity index (χ3v) is 3.26. The summed E-state index contributed by atoms with van der Waals surface area (Å²) in [7, 11) is 0. The fraction of sp³-hybridized carbons (Fsp3) is 0.917. The molecule has 5 heteroatoms. The summed E-state index contributed by atoms with van der Waals surface area (Å²) in [5, 5.41) is 11.5. The molecule has 0 bridgehead atoms. The number of halogens is 2. The Bertz CT molecular complexity index is 259. The Labute approximate surface area is 101 Å². The van der Waals surface area contributed by atoms with Crippen LogP contribution in [0.25, 0.3) is 0 Å². The van der Waals surface area contributed by atoms with E-state index < -0.39 is 11.8 Å². The van der Waals surface area contributed by atoms with Crippen LogP contribution < -0.4 is 5.32 Å². The van der Waals surface area contributed by atoms with Gasteiger partial charge in [0.2, 0.25) is 11.8 Å². The molecule has 17 heavy (non-hydrogen) atoms. The second-order valence-corrected chi connectivity index (χ2v) is 5.02. The van der Waals surface area contributed by atoms with E-state index in [9.17, 15) is 13.6 Å². The maximum atomic E-state index is 12.9. The maximum Gasteiger partial charge on any atom is 0.248 e. The molecule has 0 spiro atoms. The lowest BCUT2D eigenvalue weighted by Gasteiger charge is -2.12. The van der Waals surface area contributed by atoms with Crippen LogP contribution in [0.5, 0.6) is 0 Å². The third-order valence-electron chi connectivity index (χ3n) is 3.26. The van der Waals surface area contributed by atoms with Gasteiger partial charge in [0.05, 0.1) is 0 Å². The molecule has 0 saturated heterocycles. The van der Waals surface area contributed by atoms with Crippen molar-refractivity contribution in [2.45, 2.75) is 45.0 Å². The van der Waals surface area contributed by atoms with E-state index in [4.69, 9.17) is 5.11 Å². The number of hydrogen-bond donors (Lipinski definition) is 2. The topological polar surface area (TPSA) is 49.3 Å². The van der Waals surface area contributed by atoms with Crippen molar-refractivity contribution in [2.75, 3.05) is 13.2 Å². The van der Waals surface area contributed by atoms with E-state index in [1.165, 1.54) is 0 Å². The predicted octanol–water partition coefficient (Wildman–Crippen LogP) is 1.95. The third kappa shape index (κ3) is 4.98. The standard InChI is InChI=1S/C12H21F2NO2/c1-9(8-16)3-2-6-15-11(17)10-4-5-12(13,14)7-10/h9-10,16H,2-8H2,1H3,(H,15,17). The Kier molecular flexibility index (Phi) is 5.31. The number of hydrogen-bond acceptors (Lipinski definition) is 2. The zero-order valence-electron chi connectivity index (χ0n) is 10.2. The van der Waals surface area contributed by atoms with E-state index in [1.54, 1.807) is 0 Å². The van der Waals surface area contributed by atoms with E-state index in [-0.39, 0.29) is 37.7 Å². The van der Waals surface area contributed by atoms with Gasteiger partial charge in [-0.25, -0.2) is 8.78 Å². The molecule has 1 aliphatic rings. The van der Waals surface area contributed by atoms with Gasteiger partial charge in [-0.05, 0) is 25.2 Å². The normalized spacial score (nSPS) is 24.6. The summed E-state index contributed by atoms with van der Waals surface area (Å²) >= 11 is 0. The molecule has 0 aliphatic heterocycles. The smallest absolute Gasteiger partial charge is 0.248 e. The molecule has 1 aliphatic carbocycles. The molecule has 0 aromatic rings. The van der Waals surface area contributed by atoms with Gasteiger partial charge in [0.1, 0.15) is 0 Å². The Morgan fingerprint density at radius 1 is 1.59 bits per heavy atom. The summed E-state index contributed by atoms with van der Waals surface area (Å²) in [5.74, 6) is -3.21. The van der Waals surface area contributed by atoms with E-state index in [2.05, 4.69) is 5.32 Å². The summed E-state index contributed by atoms with van der Waals surface area (Å²) in [6, 6.07) is 0. The Morgan fingerprint density at radius 3 is 2.82 bits per heavy atom. The Balaban J connectivity index is 2.14. The molecular weight excluding hydrogens is 228 g/mol. The Morgan fingerprint density at radius 2 is 2.29 bits per heavy atom. The van der Waals surface area contributed by atoms with Crippen LogP contribution >= 0.6 is 0 Å². The van der Waals surface area contributed by atoms with Gasteiger partial charge in [-0.2, -0.15) is 0 Å². The molecule has 0 heterocycles. The highest BCUT2D eigenvalue weighted by atomic mass is 19.3. The van der Waals surface area contributed by atoms with E-state index in [1.807, 2.05) is 6.92 Å². The van der Waals surface area contributed by atoms with Gasteiger partial charge >= 0.3 is 0 Å².